The molecule has 2 N–H and O–H groups in total. The zero-order valence-corrected chi connectivity index (χ0v) is 7.19. The van der Waals surface area contributed by atoms with Crippen LogP contribution in [0.25, 0.3) is 0 Å². The fourth-order valence-corrected chi connectivity index (χ4v) is 1.53. The van der Waals surface area contributed by atoms with Gasteiger partial charge in [0.1, 0.15) is 0 Å². The predicted molar refractivity (Wildman–Crippen MR) is 41.8 cm³/mol. The lowest BCUT2D eigenvalue weighted by atomic mass is 10.4. The molecule has 0 aromatic carbocycles. The lowest BCUT2D eigenvalue weighted by Crippen LogP contribution is -2.00. The second-order valence-corrected chi connectivity index (χ2v) is 3.91. The van der Waals surface area contributed by atoms with Crippen molar-refractivity contribution in [2.75, 3.05) is 6.54 Å². The van der Waals surface area contributed by atoms with Crippen LogP contribution in [0.4, 0.5) is 0 Å². The summed E-state index contributed by atoms with van der Waals surface area (Å²) in [7, 11) is 0.0768. The smallest absolute Gasteiger partial charge is 0.0465 e. The standard InChI is InChI=1S/C6H15NSi/c1-6(2)5-8-4-3-7/h5H,3-4,7-8H2,1-2H3. The number of allylic oxidation sites excluding steroid dienone is 1. The molecule has 0 radical (unpaired) electrons. The minimum absolute atomic E-state index is 0.0768. The van der Waals surface area contributed by atoms with Crippen molar-refractivity contribution in [1.82, 2.24) is 0 Å². The van der Waals surface area contributed by atoms with Crippen molar-refractivity contribution in [2.24, 2.45) is 5.73 Å². The molecule has 0 rings (SSSR count). The van der Waals surface area contributed by atoms with Gasteiger partial charge in [0.15, 0.2) is 0 Å². The van der Waals surface area contributed by atoms with Crippen LogP contribution in [-0.4, -0.2) is 16.1 Å². The number of hydrogen-bond acceptors (Lipinski definition) is 1. The van der Waals surface area contributed by atoms with Gasteiger partial charge in [-0.2, -0.15) is 0 Å². The van der Waals surface area contributed by atoms with Crippen LogP contribution in [-0.2, 0) is 0 Å². The van der Waals surface area contributed by atoms with Gasteiger partial charge in [-0.3, -0.25) is 0 Å². The van der Waals surface area contributed by atoms with Crippen LogP contribution in [0.15, 0.2) is 11.3 Å². The molecule has 48 valence electrons. The van der Waals surface area contributed by atoms with Gasteiger partial charge in [-0.1, -0.05) is 5.57 Å². The van der Waals surface area contributed by atoms with E-state index in [0.29, 0.717) is 0 Å². The van der Waals surface area contributed by atoms with Gasteiger partial charge >= 0.3 is 0 Å². The van der Waals surface area contributed by atoms with E-state index in [-0.39, 0.29) is 9.52 Å². The van der Waals surface area contributed by atoms with E-state index < -0.39 is 0 Å². The SMILES string of the molecule is CC(C)=C[SiH2]CCN. The van der Waals surface area contributed by atoms with E-state index in [9.17, 15) is 0 Å². The van der Waals surface area contributed by atoms with Crippen molar-refractivity contribution in [3.05, 3.63) is 11.3 Å². The number of hydrogen-bond donors (Lipinski definition) is 1. The molecule has 0 aliphatic carbocycles. The molecule has 0 heterocycles. The van der Waals surface area contributed by atoms with Gasteiger partial charge < -0.3 is 5.73 Å². The Morgan fingerprint density at radius 3 is 2.62 bits per heavy atom. The number of nitrogens with two attached hydrogens (primary N) is 1. The third-order valence-electron chi connectivity index (χ3n) is 0.961. The molecule has 0 atom stereocenters. The van der Waals surface area contributed by atoms with E-state index in [1.165, 1.54) is 11.6 Å². The second-order valence-electron chi connectivity index (χ2n) is 2.21. The van der Waals surface area contributed by atoms with E-state index in [4.69, 9.17) is 5.73 Å². The van der Waals surface area contributed by atoms with Crippen molar-refractivity contribution in [1.29, 1.82) is 0 Å². The molecule has 0 saturated carbocycles. The summed E-state index contributed by atoms with van der Waals surface area (Å²) in [5, 5.41) is 0. The predicted octanol–water partition coefficient (Wildman–Crippen LogP) is 0.456. The molecule has 0 amide bonds. The van der Waals surface area contributed by atoms with Gasteiger partial charge in [-0.15, -0.1) is 5.70 Å². The Bertz CT molecular complexity index is 74.6. The zero-order chi connectivity index (χ0) is 6.41. The fourth-order valence-electron chi connectivity index (χ4n) is 0.509. The van der Waals surface area contributed by atoms with E-state index in [2.05, 4.69) is 19.5 Å². The minimum Gasteiger partial charge on any atom is -0.331 e. The summed E-state index contributed by atoms with van der Waals surface area (Å²) < 4.78 is 0. The van der Waals surface area contributed by atoms with Crippen LogP contribution in [0, 0.1) is 0 Å². The lowest BCUT2D eigenvalue weighted by Gasteiger charge is -1.88. The summed E-state index contributed by atoms with van der Waals surface area (Å²) in [6.07, 6.45) is 0. The van der Waals surface area contributed by atoms with E-state index in [0.717, 1.165) is 6.54 Å². The van der Waals surface area contributed by atoms with Gasteiger partial charge in [-0.05, 0) is 26.4 Å². The second kappa shape index (κ2) is 5.06. The molecular formula is C6H15NSi. The molecule has 8 heavy (non-hydrogen) atoms. The van der Waals surface area contributed by atoms with Crippen molar-refractivity contribution in [3.63, 3.8) is 0 Å². The normalized spacial score (nSPS) is 10.4. The third-order valence-corrected chi connectivity index (χ3v) is 2.88. The molecule has 0 aromatic rings. The molecule has 0 aliphatic heterocycles. The molecule has 0 unspecified atom stereocenters. The molecule has 0 bridgehead atoms. The van der Waals surface area contributed by atoms with Gasteiger partial charge in [0, 0.05) is 9.52 Å². The molecule has 1 nitrogen and oxygen atoms in total. The highest BCUT2D eigenvalue weighted by Crippen LogP contribution is 1.86. The van der Waals surface area contributed by atoms with Crippen molar-refractivity contribution >= 4 is 9.52 Å². The highest BCUT2D eigenvalue weighted by atomic mass is 28.2. The summed E-state index contributed by atoms with van der Waals surface area (Å²) in [6.45, 7) is 5.16. The van der Waals surface area contributed by atoms with Crippen LogP contribution in [0.3, 0.4) is 0 Å². The maximum atomic E-state index is 5.32. The van der Waals surface area contributed by atoms with Gasteiger partial charge in [0.05, 0.1) is 0 Å². The maximum absolute atomic E-state index is 5.32. The monoisotopic (exact) mass is 129 g/mol. The molecule has 0 saturated heterocycles. The van der Waals surface area contributed by atoms with Crippen LogP contribution >= 0.6 is 0 Å². The largest absolute Gasteiger partial charge is 0.331 e. The summed E-state index contributed by atoms with van der Waals surface area (Å²) in [5.74, 6) is 0. The third kappa shape index (κ3) is 5.92. The first-order chi connectivity index (χ1) is 3.77. The summed E-state index contributed by atoms with van der Waals surface area (Å²) in [4.78, 5) is 0. The average molecular weight is 129 g/mol. The van der Waals surface area contributed by atoms with E-state index in [1.807, 2.05) is 0 Å². The average Bonchev–Trinajstić information content (AvgIpc) is 1.66. The Hall–Kier alpha value is -0.0831. The Morgan fingerprint density at radius 1 is 1.62 bits per heavy atom. The summed E-state index contributed by atoms with van der Waals surface area (Å²) in [5.41, 5.74) is 9.12. The molecule has 0 aliphatic rings. The van der Waals surface area contributed by atoms with Gasteiger partial charge in [0.25, 0.3) is 0 Å². The Morgan fingerprint density at radius 2 is 2.25 bits per heavy atom. The topological polar surface area (TPSA) is 26.0 Å². The molecule has 0 spiro atoms. The van der Waals surface area contributed by atoms with Crippen LogP contribution in [0.2, 0.25) is 6.04 Å². The molecule has 0 fully saturated rings. The van der Waals surface area contributed by atoms with Gasteiger partial charge in [-0.25, -0.2) is 0 Å². The van der Waals surface area contributed by atoms with E-state index in [1.54, 1.807) is 0 Å². The quantitative estimate of drug-likeness (QED) is 0.435. The summed E-state index contributed by atoms with van der Waals surface area (Å²) >= 11 is 0. The Kier molecular flexibility index (Phi) is 5.01. The van der Waals surface area contributed by atoms with Crippen molar-refractivity contribution < 1.29 is 0 Å². The molecule has 2 heteroatoms. The van der Waals surface area contributed by atoms with E-state index >= 15 is 0 Å². The first-order valence-electron chi connectivity index (χ1n) is 3.11. The highest BCUT2D eigenvalue weighted by molar-refractivity contribution is 6.42. The number of rotatable bonds is 3. The van der Waals surface area contributed by atoms with Crippen LogP contribution in [0.5, 0.6) is 0 Å². The maximum Gasteiger partial charge on any atom is 0.0465 e. The molecular weight excluding hydrogens is 114 g/mol. The first-order valence-corrected chi connectivity index (χ1v) is 4.92. The van der Waals surface area contributed by atoms with Crippen LogP contribution < -0.4 is 5.73 Å². The Balaban J connectivity index is 3.03. The Labute approximate surface area is 53.8 Å². The minimum atomic E-state index is 0.0768. The zero-order valence-electron chi connectivity index (χ0n) is 5.78. The lowest BCUT2D eigenvalue weighted by molar-refractivity contribution is 1.12. The van der Waals surface area contributed by atoms with Gasteiger partial charge in [0.2, 0.25) is 0 Å². The highest BCUT2D eigenvalue weighted by Gasteiger charge is 1.79. The van der Waals surface area contributed by atoms with Crippen LogP contribution in [0.1, 0.15) is 13.8 Å². The molecule has 0 aromatic heterocycles. The van der Waals surface area contributed by atoms with Crippen molar-refractivity contribution in [3.8, 4) is 0 Å². The fraction of sp³-hybridized carbons (Fsp3) is 0.667. The summed E-state index contributed by atoms with van der Waals surface area (Å²) in [6, 6.07) is 1.26. The first kappa shape index (κ1) is 7.92. The van der Waals surface area contributed by atoms with Crippen molar-refractivity contribution in [2.45, 2.75) is 19.9 Å².